The van der Waals surface area contributed by atoms with Gasteiger partial charge in [-0.1, -0.05) is 66.7 Å². The molecular weight excluding hydrogens is 410 g/mol. The highest BCUT2D eigenvalue weighted by Gasteiger charge is 2.52. The molecule has 1 fully saturated rings. The minimum Gasteiger partial charge on any atom is -0.339 e. The van der Waals surface area contributed by atoms with Crippen molar-refractivity contribution in [1.29, 1.82) is 0 Å². The van der Waals surface area contributed by atoms with Crippen molar-refractivity contribution in [2.75, 3.05) is 13.6 Å². The van der Waals surface area contributed by atoms with Crippen molar-refractivity contribution in [2.45, 2.75) is 18.5 Å². The molecule has 158 valence electrons. The van der Waals surface area contributed by atoms with Gasteiger partial charge in [0.2, 0.25) is 5.91 Å². The van der Waals surface area contributed by atoms with Gasteiger partial charge in [0.15, 0.2) is 5.54 Å². The van der Waals surface area contributed by atoms with Gasteiger partial charge in [0.25, 0.3) is 5.91 Å². The number of imide groups is 1. The molecule has 2 heterocycles. The first-order valence-electron chi connectivity index (χ1n) is 9.99. The van der Waals surface area contributed by atoms with Crippen LogP contribution in [0.1, 0.15) is 16.0 Å². The molecule has 1 N–H and O–H groups in total. The van der Waals surface area contributed by atoms with Gasteiger partial charge in [-0.15, -0.1) is 11.3 Å². The van der Waals surface area contributed by atoms with Gasteiger partial charge in [-0.2, -0.15) is 0 Å². The lowest BCUT2D eigenvalue weighted by Crippen LogP contribution is -2.47. The Balaban J connectivity index is 1.59. The van der Waals surface area contributed by atoms with Crippen LogP contribution in [0.5, 0.6) is 0 Å². The highest BCUT2D eigenvalue weighted by atomic mass is 32.1. The van der Waals surface area contributed by atoms with Crippen molar-refractivity contribution in [3.63, 3.8) is 0 Å². The maximum Gasteiger partial charge on any atom is 0.325 e. The molecule has 1 aliphatic rings. The summed E-state index contributed by atoms with van der Waals surface area (Å²) in [5.41, 5.74) is 0.369. The summed E-state index contributed by atoms with van der Waals surface area (Å²) >= 11 is 1.56. The van der Waals surface area contributed by atoms with Crippen LogP contribution in [-0.2, 0) is 28.1 Å². The summed E-state index contributed by atoms with van der Waals surface area (Å²) in [7, 11) is 1.68. The third kappa shape index (κ3) is 4.22. The Morgan fingerprint density at radius 3 is 2.32 bits per heavy atom. The smallest absolute Gasteiger partial charge is 0.325 e. The second-order valence-corrected chi connectivity index (χ2v) is 8.62. The molecule has 2 aromatic carbocycles. The minimum absolute atomic E-state index is 0.291. The van der Waals surface area contributed by atoms with Gasteiger partial charge in [0, 0.05) is 18.3 Å². The van der Waals surface area contributed by atoms with Gasteiger partial charge in [-0.3, -0.25) is 14.5 Å². The molecule has 0 bridgehead atoms. The first kappa shape index (κ1) is 20.8. The highest BCUT2D eigenvalue weighted by molar-refractivity contribution is 7.09. The summed E-state index contributed by atoms with van der Waals surface area (Å²) in [6.45, 7) is 0.143. The SMILES string of the molecule is CN(Cc1cccs1)C(=O)CN1C(=O)NC(Cc2ccccc2)(c2ccccc2)C1=O. The van der Waals surface area contributed by atoms with E-state index < -0.39 is 17.5 Å². The molecule has 1 atom stereocenters. The number of thiophene rings is 1. The summed E-state index contributed by atoms with van der Waals surface area (Å²) in [6.07, 6.45) is 0.304. The average Bonchev–Trinajstić information content (AvgIpc) is 3.37. The van der Waals surface area contributed by atoms with Gasteiger partial charge in [0.05, 0.1) is 6.54 Å². The number of carbonyl (C=O) groups is 3. The number of urea groups is 1. The number of benzene rings is 2. The summed E-state index contributed by atoms with van der Waals surface area (Å²) < 4.78 is 0. The lowest BCUT2D eigenvalue weighted by Gasteiger charge is -2.28. The second kappa shape index (κ2) is 8.73. The number of nitrogens with zero attached hydrogens (tertiary/aromatic N) is 2. The molecule has 0 spiro atoms. The Morgan fingerprint density at radius 1 is 1.00 bits per heavy atom. The average molecular weight is 434 g/mol. The Bertz CT molecular complexity index is 1070. The zero-order valence-electron chi connectivity index (χ0n) is 17.2. The van der Waals surface area contributed by atoms with E-state index in [9.17, 15) is 14.4 Å². The van der Waals surface area contributed by atoms with Gasteiger partial charge in [0.1, 0.15) is 6.54 Å². The summed E-state index contributed by atoms with van der Waals surface area (Å²) in [4.78, 5) is 42.8. The fraction of sp³-hybridized carbons (Fsp3) is 0.208. The molecule has 6 nitrogen and oxygen atoms in total. The molecular formula is C24H23N3O3S. The Kier molecular flexibility index (Phi) is 5.86. The van der Waals surface area contributed by atoms with E-state index in [0.29, 0.717) is 18.5 Å². The maximum atomic E-state index is 13.6. The monoisotopic (exact) mass is 433 g/mol. The molecule has 1 unspecified atom stereocenters. The third-order valence-corrected chi connectivity index (χ3v) is 6.31. The van der Waals surface area contributed by atoms with Crippen molar-refractivity contribution < 1.29 is 14.4 Å². The molecule has 7 heteroatoms. The van der Waals surface area contributed by atoms with Crippen molar-refractivity contribution in [3.8, 4) is 0 Å². The molecule has 4 amide bonds. The van der Waals surface area contributed by atoms with E-state index in [1.165, 1.54) is 4.90 Å². The van der Waals surface area contributed by atoms with E-state index in [1.807, 2.05) is 78.2 Å². The zero-order chi connectivity index (χ0) is 21.8. The summed E-state index contributed by atoms with van der Waals surface area (Å²) in [6, 6.07) is 22.1. The first-order valence-corrected chi connectivity index (χ1v) is 10.9. The van der Waals surface area contributed by atoms with Gasteiger partial charge in [-0.25, -0.2) is 4.79 Å². The van der Waals surface area contributed by atoms with Gasteiger partial charge < -0.3 is 10.2 Å². The molecule has 31 heavy (non-hydrogen) atoms. The van der Waals surface area contributed by atoms with E-state index in [4.69, 9.17) is 0 Å². The predicted molar refractivity (Wildman–Crippen MR) is 119 cm³/mol. The van der Waals surface area contributed by atoms with E-state index in [-0.39, 0.29) is 12.5 Å². The number of hydrogen-bond donors (Lipinski definition) is 1. The Hall–Kier alpha value is -3.45. The molecule has 0 radical (unpaired) electrons. The van der Waals surface area contributed by atoms with E-state index in [2.05, 4.69) is 5.32 Å². The summed E-state index contributed by atoms with van der Waals surface area (Å²) in [5.74, 6) is -0.703. The second-order valence-electron chi connectivity index (χ2n) is 7.58. The number of carbonyl (C=O) groups excluding carboxylic acids is 3. The Morgan fingerprint density at radius 2 is 1.68 bits per heavy atom. The molecule has 1 aliphatic heterocycles. The normalized spacial score (nSPS) is 18.2. The van der Waals surface area contributed by atoms with Crippen LogP contribution in [-0.4, -0.2) is 41.2 Å². The van der Waals surface area contributed by atoms with Crippen LogP contribution < -0.4 is 5.32 Å². The number of hydrogen-bond acceptors (Lipinski definition) is 4. The fourth-order valence-corrected chi connectivity index (χ4v) is 4.55. The lowest BCUT2D eigenvalue weighted by molar-refractivity contribution is -0.138. The van der Waals surface area contributed by atoms with Crippen molar-refractivity contribution >= 4 is 29.2 Å². The van der Waals surface area contributed by atoms with E-state index in [1.54, 1.807) is 18.4 Å². The van der Waals surface area contributed by atoms with Crippen LogP contribution in [0.25, 0.3) is 0 Å². The van der Waals surface area contributed by atoms with Crippen LogP contribution >= 0.6 is 11.3 Å². The maximum absolute atomic E-state index is 13.6. The van der Waals surface area contributed by atoms with Crippen LogP contribution in [0.15, 0.2) is 78.2 Å². The van der Waals surface area contributed by atoms with Crippen molar-refractivity contribution in [3.05, 3.63) is 94.2 Å². The number of rotatable bonds is 7. The molecule has 3 aromatic rings. The quantitative estimate of drug-likeness (QED) is 0.581. The van der Waals surface area contributed by atoms with Crippen LogP contribution in [0.3, 0.4) is 0 Å². The Labute approximate surface area is 185 Å². The van der Waals surface area contributed by atoms with Gasteiger partial charge >= 0.3 is 6.03 Å². The standard InChI is InChI=1S/C24H23N3O3S/c1-26(16-20-13-8-14-31-20)21(28)17-27-22(29)24(25-23(27)30,19-11-6-3-7-12-19)15-18-9-4-2-5-10-18/h2-14H,15-17H2,1H3,(H,25,30). The van der Waals surface area contributed by atoms with E-state index >= 15 is 0 Å². The third-order valence-electron chi connectivity index (χ3n) is 5.45. The fourth-order valence-electron chi connectivity index (χ4n) is 3.79. The van der Waals surface area contributed by atoms with E-state index in [0.717, 1.165) is 15.3 Å². The van der Waals surface area contributed by atoms with Crippen LogP contribution in [0.2, 0.25) is 0 Å². The number of amides is 4. The van der Waals surface area contributed by atoms with Crippen LogP contribution in [0.4, 0.5) is 4.79 Å². The lowest BCUT2D eigenvalue weighted by atomic mass is 9.83. The molecule has 0 aliphatic carbocycles. The topological polar surface area (TPSA) is 69.7 Å². The van der Waals surface area contributed by atoms with Crippen LogP contribution in [0, 0.1) is 0 Å². The summed E-state index contributed by atoms with van der Waals surface area (Å²) in [5, 5.41) is 4.84. The first-order chi connectivity index (χ1) is 15.0. The molecule has 1 aromatic heterocycles. The van der Waals surface area contributed by atoms with Gasteiger partial charge in [-0.05, 0) is 22.6 Å². The number of nitrogens with one attached hydrogen (secondary N) is 1. The zero-order valence-corrected chi connectivity index (χ0v) is 18.0. The largest absolute Gasteiger partial charge is 0.339 e. The predicted octanol–water partition coefficient (Wildman–Crippen LogP) is 3.40. The van der Waals surface area contributed by atoms with Crippen molar-refractivity contribution in [2.24, 2.45) is 0 Å². The molecule has 0 saturated carbocycles. The molecule has 4 rings (SSSR count). The highest BCUT2D eigenvalue weighted by Crippen LogP contribution is 2.33. The number of likely N-dealkylation sites (N-methyl/N-ethyl adjacent to an activating group) is 1. The minimum atomic E-state index is -1.24. The van der Waals surface area contributed by atoms with Crippen molar-refractivity contribution in [1.82, 2.24) is 15.1 Å². The molecule has 1 saturated heterocycles.